The van der Waals surface area contributed by atoms with E-state index in [0.717, 1.165) is 37.0 Å². The highest BCUT2D eigenvalue weighted by molar-refractivity contribution is 5.29. The lowest BCUT2D eigenvalue weighted by atomic mass is 9.86. The third-order valence-electron chi connectivity index (χ3n) is 3.74. The number of rotatable bonds is 3. The first-order valence-corrected chi connectivity index (χ1v) is 6.28. The van der Waals surface area contributed by atoms with Gasteiger partial charge in [0.15, 0.2) is 0 Å². The normalized spacial score (nSPS) is 27.1. The Hall–Kier alpha value is -1.02. The standard InChI is InChI=1S/C15H22O2/c1-14(2)7-8-15(16,11-14)10-12-5-4-6-13(9-12)17-3/h4-6,9,16H,7-8,10-11H2,1-3H3. The van der Waals surface area contributed by atoms with Gasteiger partial charge in [-0.1, -0.05) is 26.0 Å². The second-order valence-electron chi connectivity index (χ2n) is 6.09. The Morgan fingerprint density at radius 3 is 2.65 bits per heavy atom. The lowest BCUT2D eigenvalue weighted by Crippen LogP contribution is -2.29. The summed E-state index contributed by atoms with van der Waals surface area (Å²) in [6, 6.07) is 8.00. The monoisotopic (exact) mass is 234 g/mol. The molecule has 17 heavy (non-hydrogen) atoms. The van der Waals surface area contributed by atoms with Crippen molar-refractivity contribution < 1.29 is 9.84 Å². The zero-order chi connectivity index (χ0) is 12.5. The maximum Gasteiger partial charge on any atom is 0.119 e. The van der Waals surface area contributed by atoms with Crippen molar-refractivity contribution in [1.29, 1.82) is 0 Å². The van der Waals surface area contributed by atoms with Crippen molar-refractivity contribution in [3.63, 3.8) is 0 Å². The van der Waals surface area contributed by atoms with Crippen LogP contribution in [0.5, 0.6) is 5.75 Å². The third kappa shape index (κ3) is 3.01. The van der Waals surface area contributed by atoms with Gasteiger partial charge in [-0.15, -0.1) is 0 Å². The van der Waals surface area contributed by atoms with Crippen LogP contribution in [0.1, 0.15) is 38.7 Å². The first-order valence-electron chi connectivity index (χ1n) is 6.28. The predicted molar refractivity (Wildman–Crippen MR) is 69.3 cm³/mol. The topological polar surface area (TPSA) is 29.5 Å². The van der Waals surface area contributed by atoms with Crippen molar-refractivity contribution in [2.24, 2.45) is 5.41 Å². The summed E-state index contributed by atoms with van der Waals surface area (Å²) < 4.78 is 5.21. The molecule has 1 aliphatic rings. The average molecular weight is 234 g/mol. The Labute approximate surface area is 104 Å². The molecule has 94 valence electrons. The molecule has 0 radical (unpaired) electrons. The highest BCUT2D eigenvalue weighted by Gasteiger charge is 2.41. The summed E-state index contributed by atoms with van der Waals surface area (Å²) in [4.78, 5) is 0. The van der Waals surface area contributed by atoms with Gasteiger partial charge in [0.1, 0.15) is 5.75 Å². The Balaban J connectivity index is 2.10. The quantitative estimate of drug-likeness (QED) is 0.870. The molecule has 1 saturated carbocycles. The highest BCUT2D eigenvalue weighted by Crippen LogP contribution is 2.45. The predicted octanol–water partition coefficient (Wildman–Crippen LogP) is 3.18. The van der Waals surface area contributed by atoms with Gasteiger partial charge >= 0.3 is 0 Å². The Kier molecular flexibility index (Phi) is 3.17. The molecule has 1 atom stereocenters. The average Bonchev–Trinajstić information content (AvgIpc) is 2.53. The van der Waals surface area contributed by atoms with E-state index in [1.165, 1.54) is 0 Å². The molecule has 0 spiro atoms. The molecule has 1 aromatic rings. The molecule has 1 N–H and O–H groups in total. The van der Waals surface area contributed by atoms with E-state index >= 15 is 0 Å². The van der Waals surface area contributed by atoms with Crippen LogP contribution in [-0.2, 0) is 6.42 Å². The summed E-state index contributed by atoms with van der Waals surface area (Å²) in [5, 5.41) is 10.6. The minimum absolute atomic E-state index is 0.271. The molecule has 1 unspecified atom stereocenters. The van der Waals surface area contributed by atoms with E-state index in [0.29, 0.717) is 0 Å². The molecule has 2 rings (SSSR count). The van der Waals surface area contributed by atoms with E-state index in [1.54, 1.807) is 7.11 Å². The van der Waals surface area contributed by atoms with Crippen LogP contribution < -0.4 is 4.74 Å². The van der Waals surface area contributed by atoms with Crippen molar-refractivity contribution >= 4 is 0 Å². The van der Waals surface area contributed by atoms with Gasteiger partial charge in [-0.05, 0) is 42.4 Å². The molecule has 0 heterocycles. The van der Waals surface area contributed by atoms with E-state index in [-0.39, 0.29) is 5.41 Å². The van der Waals surface area contributed by atoms with Crippen molar-refractivity contribution in [2.75, 3.05) is 7.11 Å². The number of methoxy groups -OCH3 is 1. The Morgan fingerprint density at radius 1 is 1.29 bits per heavy atom. The molecular weight excluding hydrogens is 212 g/mol. The van der Waals surface area contributed by atoms with E-state index in [9.17, 15) is 5.11 Å². The van der Waals surface area contributed by atoms with Crippen molar-refractivity contribution in [3.8, 4) is 5.75 Å². The van der Waals surface area contributed by atoms with Crippen molar-refractivity contribution in [1.82, 2.24) is 0 Å². The fraction of sp³-hybridized carbons (Fsp3) is 0.600. The maximum absolute atomic E-state index is 10.6. The van der Waals surface area contributed by atoms with E-state index in [4.69, 9.17) is 4.74 Å². The summed E-state index contributed by atoms with van der Waals surface area (Å²) in [7, 11) is 1.67. The minimum Gasteiger partial charge on any atom is -0.497 e. The van der Waals surface area contributed by atoms with Crippen LogP contribution in [0.3, 0.4) is 0 Å². The number of hydrogen-bond donors (Lipinski definition) is 1. The summed E-state index contributed by atoms with van der Waals surface area (Å²) >= 11 is 0. The summed E-state index contributed by atoms with van der Waals surface area (Å²) in [6.45, 7) is 4.47. The summed E-state index contributed by atoms with van der Waals surface area (Å²) in [6.07, 6.45) is 3.62. The van der Waals surface area contributed by atoms with Crippen LogP contribution >= 0.6 is 0 Å². The first-order chi connectivity index (χ1) is 7.92. The smallest absolute Gasteiger partial charge is 0.119 e. The van der Waals surface area contributed by atoms with Gasteiger partial charge in [0.05, 0.1) is 12.7 Å². The van der Waals surface area contributed by atoms with Crippen LogP contribution in [0.4, 0.5) is 0 Å². The van der Waals surface area contributed by atoms with Gasteiger partial charge in [0, 0.05) is 6.42 Å². The fourth-order valence-electron chi connectivity index (χ4n) is 2.95. The van der Waals surface area contributed by atoms with Crippen LogP contribution in [-0.4, -0.2) is 17.8 Å². The molecule has 1 fully saturated rings. The van der Waals surface area contributed by atoms with E-state index in [2.05, 4.69) is 19.9 Å². The largest absolute Gasteiger partial charge is 0.497 e. The Bertz CT molecular complexity index is 398. The highest BCUT2D eigenvalue weighted by atomic mass is 16.5. The zero-order valence-corrected chi connectivity index (χ0v) is 11.0. The lowest BCUT2D eigenvalue weighted by molar-refractivity contribution is 0.0378. The molecule has 2 nitrogen and oxygen atoms in total. The second-order valence-corrected chi connectivity index (χ2v) is 6.09. The molecule has 0 bridgehead atoms. The van der Waals surface area contributed by atoms with Crippen LogP contribution in [0.2, 0.25) is 0 Å². The molecule has 1 aliphatic carbocycles. The molecule has 0 amide bonds. The summed E-state index contributed by atoms with van der Waals surface area (Å²) in [5.41, 5.74) is 0.897. The van der Waals surface area contributed by atoms with Crippen LogP contribution in [0, 0.1) is 5.41 Å². The fourth-order valence-corrected chi connectivity index (χ4v) is 2.95. The Morgan fingerprint density at radius 2 is 2.06 bits per heavy atom. The maximum atomic E-state index is 10.6. The number of ether oxygens (including phenoxy) is 1. The van der Waals surface area contributed by atoms with Gasteiger partial charge in [0.25, 0.3) is 0 Å². The van der Waals surface area contributed by atoms with E-state index in [1.807, 2.05) is 18.2 Å². The summed E-state index contributed by atoms with van der Waals surface area (Å²) in [5.74, 6) is 0.864. The molecule has 1 aromatic carbocycles. The van der Waals surface area contributed by atoms with Crippen LogP contribution in [0.25, 0.3) is 0 Å². The minimum atomic E-state index is -0.532. The molecule has 2 heteroatoms. The van der Waals surface area contributed by atoms with E-state index < -0.39 is 5.60 Å². The lowest BCUT2D eigenvalue weighted by Gasteiger charge is -2.25. The molecule has 0 aliphatic heterocycles. The van der Waals surface area contributed by atoms with Crippen LogP contribution in [0.15, 0.2) is 24.3 Å². The van der Waals surface area contributed by atoms with Gasteiger partial charge < -0.3 is 9.84 Å². The SMILES string of the molecule is COc1cccc(CC2(O)CCC(C)(C)C2)c1. The van der Waals surface area contributed by atoms with Crippen molar-refractivity contribution in [2.45, 2.75) is 45.1 Å². The first kappa shape index (κ1) is 12.4. The number of benzene rings is 1. The van der Waals surface area contributed by atoms with Gasteiger partial charge in [0.2, 0.25) is 0 Å². The molecule has 0 aromatic heterocycles. The number of hydrogen-bond acceptors (Lipinski definition) is 2. The second kappa shape index (κ2) is 4.34. The van der Waals surface area contributed by atoms with Crippen molar-refractivity contribution in [3.05, 3.63) is 29.8 Å². The number of aliphatic hydroxyl groups is 1. The van der Waals surface area contributed by atoms with Gasteiger partial charge in [-0.3, -0.25) is 0 Å². The van der Waals surface area contributed by atoms with Gasteiger partial charge in [-0.2, -0.15) is 0 Å². The molecular formula is C15H22O2. The van der Waals surface area contributed by atoms with Gasteiger partial charge in [-0.25, -0.2) is 0 Å². The third-order valence-corrected chi connectivity index (χ3v) is 3.74. The molecule has 0 saturated heterocycles. The zero-order valence-electron chi connectivity index (χ0n) is 11.0.